The highest BCUT2D eigenvalue weighted by Gasteiger charge is 2.18. The van der Waals surface area contributed by atoms with Gasteiger partial charge in [0.05, 0.1) is 6.61 Å². The van der Waals surface area contributed by atoms with Gasteiger partial charge < -0.3 is 15.4 Å². The van der Waals surface area contributed by atoms with E-state index >= 15 is 0 Å². The second-order valence-corrected chi connectivity index (χ2v) is 6.55. The van der Waals surface area contributed by atoms with Crippen LogP contribution in [0.3, 0.4) is 0 Å². The summed E-state index contributed by atoms with van der Waals surface area (Å²) in [4.78, 5) is 2.31. The molecule has 1 aliphatic rings. The monoisotopic (exact) mass is 310 g/mol. The van der Waals surface area contributed by atoms with Gasteiger partial charge >= 0.3 is 0 Å². The first-order valence-electron chi connectivity index (χ1n) is 7.93. The summed E-state index contributed by atoms with van der Waals surface area (Å²) in [6.07, 6.45) is 4.30. The van der Waals surface area contributed by atoms with Gasteiger partial charge in [0, 0.05) is 37.0 Å². The van der Waals surface area contributed by atoms with E-state index < -0.39 is 0 Å². The van der Waals surface area contributed by atoms with Crippen LogP contribution in [0.25, 0.3) is 0 Å². The van der Waals surface area contributed by atoms with Gasteiger partial charge in [0.25, 0.3) is 0 Å². The molecule has 2 rings (SSSR count). The van der Waals surface area contributed by atoms with Gasteiger partial charge in [-0.15, -0.1) is 0 Å². The summed E-state index contributed by atoms with van der Waals surface area (Å²) in [5.74, 6) is 0.607. The second-order valence-electron chi connectivity index (χ2n) is 6.11. The summed E-state index contributed by atoms with van der Waals surface area (Å²) in [5.41, 5.74) is 8.62. The van der Waals surface area contributed by atoms with Gasteiger partial charge in [0.2, 0.25) is 0 Å². The zero-order chi connectivity index (χ0) is 15.2. The predicted octanol–water partition coefficient (Wildman–Crippen LogP) is 3.48. The molecular formula is C17H27ClN2O. The molecule has 1 aromatic rings. The lowest BCUT2D eigenvalue weighted by atomic mass is 9.99. The molecule has 0 radical (unpaired) electrons. The van der Waals surface area contributed by atoms with E-state index in [1.807, 2.05) is 6.07 Å². The number of nitrogens with zero attached hydrogens (tertiary/aromatic N) is 1. The van der Waals surface area contributed by atoms with E-state index in [0.29, 0.717) is 5.92 Å². The van der Waals surface area contributed by atoms with E-state index in [1.165, 1.54) is 24.1 Å². The summed E-state index contributed by atoms with van der Waals surface area (Å²) in [7, 11) is 2.14. The van der Waals surface area contributed by atoms with Crippen LogP contribution in [0.15, 0.2) is 18.2 Å². The van der Waals surface area contributed by atoms with E-state index in [1.54, 1.807) is 0 Å². The average Bonchev–Trinajstić information content (AvgIpc) is 2.49. The molecule has 0 bridgehead atoms. The first kappa shape index (κ1) is 16.6. The molecule has 0 spiro atoms. The Bertz CT molecular complexity index is 446. The fourth-order valence-electron chi connectivity index (χ4n) is 2.93. The minimum atomic E-state index is 0.205. The van der Waals surface area contributed by atoms with Crippen molar-refractivity contribution in [2.75, 3.05) is 31.7 Å². The van der Waals surface area contributed by atoms with E-state index in [4.69, 9.17) is 22.1 Å². The van der Waals surface area contributed by atoms with Gasteiger partial charge in [-0.2, -0.15) is 0 Å². The summed E-state index contributed by atoms with van der Waals surface area (Å²) < 4.78 is 5.58. The zero-order valence-corrected chi connectivity index (χ0v) is 13.9. The van der Waals surface area contributed by atoms with Gasteiger partial charge in [0.1, 0.15) is 0 Å². The Hall–Kier alpha value is -0.770. The Morgan fingerprint density at radius 2 is 2.29 bits per heavy atom. The van der Waals surface area contributed by atoms with Crippen LogP contribution in [0, 0.1) is 5.92 Å². The molecule has 0 aromatic heterocycles. The first-order chi connectivity index (χ1) is 10.1. The third-order valence-corrected chi connectivity index (χ3v) is 4.49. The van der Waals surface area contributed by atoms with Gasteiger partial charge in [-0.25, -0.2) is 0 Å². The molecule has 4 heteroatoms. The topological polar surface area (TPSA) is 38.5 Å². The van der Waals surface area contributed by atoms with Crippen molar-refractivity contribution < 1.29 is 4.74 Å². The molecule has 1 aliphatic heterocycles. The number of hydrogen-bond donors (Lipinski definition) is 1. The van der Waals surface area contributed by atoms with Crippen molar-refractivity contribution in [2.24, 2.45) is 11.7 Å². The molecule has 1 aromatic carbocycles. The number of benzene rings is 1. The number of ether oxygens (including phenoxy) is 1. The molecule has 21 heavy (non-hydrogen) atoms. The maximum atomic E-state index is 6.19. The molecule has 1 saturated heterocycles. The van der Waals surface area contributed by atoms with Crippen LogP contribution in [-0.4, -0.2) is 32.8 Å². The Balaban J connectivity index is 2.09. The molecule has 0 aliphatic carbocycles. The maximum Gasteiger partial charge on any atom is 0.0511 e. The summed E-state index contributed by atoms with van der Waals surface area (Å²) in [6.45, 7) is 4.92. The first-order valence-corrected chi connectivity index (χ1v) is 8.30. The Labute approximate surface area is 133 Å². The minimum Gasteiger partial charge on any atom is -0.381 e. The van der Waals surface area contributed by atoms with Crippen LogP contribution in [0.1, 0.15) is 31.7 Å². The third kappa shape index (κ3) is 4.87. The largest absolute Gasteiger partial charge is 0.381 e. The van der Waals surface area contributed by atoms with Crippen molar-refractivity contribution in [3.63, 3.8) is 0 Å². The summed E-state index contributed by atoms with van der Waals surface area (Å²) >= 11 is 6.19. The molecular weight excluding hydrogens is 284 g/mol. The maximum absolute atomic E-state index is 6.19. The van der Waals surface area contributed by atoms with Crippen molar-refractivity contribution in [1.29, 1.82) is 0 Å². The van der Waals surface area contributed by atoms with E-state index in [9.17, 15) is 0 Å². The lowest BCUT2D eigenvalue weighted by Gasteiger charge is -2.30. The number of hydrogen-bond acceptors (Lipinski definition) is 3. The van der Waals surface area contributed by atoms with Crippen LogP contribution in [0.2, 0.25) is 5.02 Å². The van der Waals surface area contributed by atoms with Gasteiger partial charge in [-0.3, -0.25) is 0 Å². The lowest BCUT2D eigenvalue weighted by Crippen LogP contribution is -2.32. The Morgan fingerprint density at radius 3 is 2.95 bits per heavy atom. The van der Waals surface area contributed by atoms with Crippen LogP contribution in [0.4, 0.5) is 5.69 Å². The molecule has 1 fully saturated rings. The SMILES string of the molecule is CCC(N)Cc1ccc(Cl)cc1N(C)CC1CCCOC1. The normalized spacial score (nSPS) is 20.3. The summed E-state index contributed by atoms with van der Waals surface area (Å²) in [6, 6.07) is 6.33. The number of anilines is 1. The minimum absolute atomic E-state index is 0.205. The van der Waals surface area contributed by atoms with Crippen LogP contribution in [0.5, 0.6) is 0 Å². The van der Waals surface area contributed by atoms with Gasteiger partial charge in [-0.05, 0) is 49.3 Å². The van der Waals surface area contributed by atoms with Crippen molar-refractivity contribution >= 4 is 17.3 Å². The molecule has 1 heterocycles. The molecule has 0 saturated carbocycles. The molecule has 3 nitrogen and oxygen atoms in total. The molecule has 118 valence electrons. The Kier molecular flexibility index (Phi) is 6.34. The molecule has 0 amide bonds. The van der Waals surface area contributed by atoms with Crippen LogP contribution >= 0.6 is 11.6 Å². The van der Waals surface area contributed by atoms with Crippen molar-refractivity contribution in [2.45, 2.75) is 38.6 Å². The third-order valence-electron chi connectivity index (χ3n) is 4.25. The average molecular weight is 311 g/mol. The number of halogens is 1. The van der Waals surface area contributed by atoms with Crippen molar-refractivity contribution in [3.05, 3.63) is 28.8 Å². The highest BCUT2D eigenvalue weighted by molar-refractivity contribution is 6.30. The highest BCUT2D eigenvalue weighted by Crippen LogP contribution is 2.27. The quantitative estimate of drug-likeness (QED) is 0.874. The summed E-state index contributed by atoms with van der Waals surface area (Å²) in [5, 5.41) is 0.783. The predicted molar refractivity (Wildman–Crippen MR) is 90.2 cm³/mol. The van der Waals surface area contributed by atoms with Crippen LogP contribution in [-0.2, 0) is 11.2 Å². The van der Waals surface area contributed by atoms with Crippen molar-refractivity contribution in [1.82, 2.24) is 0 Å². The highest BCUT2D eigenvalue weighted by atomic mass is 35.5. The molecule has 2 atom stereocenters. The van der Waals surface area contributed by atoms with Crippen molar-refractivity contribution in [3.8, 4) is 0 Å². The van der Waals surface area contributed by atoms with E-state index in [2.05, 4.69) is 31.0 Å². The van der Waals surface area contributed by atoms with Crippen LogP contribution < -0.4 is 10.6 Å². The fourth-order valence-corrected chi connectivity index (χ4v) is 3.10. The molecule has 2 unspecified atom stereocenters. The number of nitrogens with two attached hydrogens (primary N) is 1. The zero-order valence-electron chi connectivity index (χ0n) is 13.1. The smallest absolute Gasteiger partial charge is 0.0511 e. The van der Waals surface area contributed by atoms with E-state index in [0.717, 1.165) is 37.6 Å². The Morgan fingerprint density at radius 1 is 1.48 bits per heavy atom. The van der Waals surface area contributed by atoms with Gasteiger partial charge in [-0.1, -0.05) is 24.6 Å². The molecule has 2 N–H and O–H groups in total. The lowest BCUT2D eigenvalue weighted by molar-refractivity contribution is 0.0576. The second kappa shape index (κ2) is 8.02. The van der Waals surface area contributed by atoms with E-state index in [-0.39, 0.29) is 6.04 Å². The fraction of sp³-hybridized carbons (Fsp3) is 0.647. The van der Waals surface area contributed by atoms with Gasteiger partial charge in [0.15, 0.2) is 0 Å². The standard InChI is InChI=1S/C17H27ClN2O/c1-3-16(19)9-14-6-7-15(18)10-17(14)20(2)11-13-5-4-8-21-12-13/h6-7,10,13,16H,3-5,8-9,11-12,19H2,1-2H3. The number of rotatable bonds is 6.